The number of thioether (sulfide) groups is 1. The highest BCUT2D eigenvalue weighted by atomic mass is 32.2. The first-order valence-electron chi connectivity index (χ1n) is 6.39. The normalized spacial score (nSPS) is 25.2. The number of nitrogens with zero attached hydrogens (tertiary/aromatic N) is 2. The van der Waals surface area contributed by atoms with Crippen LogP contribution in [0.4, 0.5) is 5.69 Å². The molecule has 1 aromatic rings. The molecule has 2 aliphatic rings. The molecule has 5 nitrogen and oxygen atoms in total. The molecule has 1 saturated heterocycles. The second-order valence-electron chi connectivity index (χ2n) is 4.50. The maximum absolute atomic E-state index is 10.7. The summed E-state index contributed by atoms with van der Waals surface area (Å²) in [7, 11) is 0. The van der Waals surface area contributed by atoms with Crippen LogP contribution in [0.3, 0.4) is 0 Å². The Morgan fingerprint density at radius 1 is 1.47 bits per heavy atom. The van der Waals surface area contributed by atoms with E-state index in [9.17, 15) is 5.11 Å². The lowest BCUT2D eigenvalue weighted by atomic mass is 10.2. The van der Waals surface area contributed by atoms with Gasteiger partial charge in [0, 0.05) is 12.2 Å². The highest BCUT2D eigenvalue weighted by Gasteiger charge is 2.45. The van der Waals surface area contributed by atoms with Crippen LogP contribution in [0.5, 0.6) is 5.75 Å². The van der Waals surface area contributed by atoms with Gasteiger partial charge in [0.25, 0.3) is 0 Å². The first kappa shape index (κ1) is 12.6. The van der Waals surface area contributed by atoms with E-state index in [0.29, 0.717) is 12.4 Å². The molecular weight excluding hydrogens is 262 g/mol. The molecule has 0 radical (unpaired) electrons. The Hall–Kier alpha value is -1.40. The third-order valence-electron chi connectivity index (χ3n) is 3.16. The number of hydrogen-bond donors (Lipinski definition) is 2. The van der Waals surface area contributed by atoms with Crippen LogP contribution in [0.1, 0.15) is 6.92 Å². The summed E-state index contributed by atoms with van der Waals surface area (Å²) in [4.78, 5) is 6.28. The number of amidine groups is 1. The lowest BCUT2D eigenvalue weighted by molar-refractivity contribution is -0.00940. The molecule has 2 N–H and O–H groups in total. The number of anilines is 1. The van der Waals surface area contributed by atoms with Gasteiger partial charge in [-0.2, -0.15) is 0 Å². The topological polar surface area (TPSA) is 57.1 Å². The molecule has 0 aromatic heterocycles. The Morgan fingerprint density at radius 3 is 3.00 bits per heavy atom. The van der Waals surface area contributed by atoms with E-state index in [4.69, 9.17) is 4.74 Å². The lowest BCUT2D eigenvalue weighted by Crippen LogP contribution is -2.52. The van der Waals surface area contributed by atoms with Gasteiger partial charge in [0.1, 0.15) is 5.75 Å². The Morgan fingerprint density at radius 2 is 2.26 bits per heavy atom. The SMILES string of the molecule is CCOc1ccc(NC2(O)CSC3=NCCN32)cc1. The van der Waals surface area contributed by atoms with E-state index in [-0.39, 0.29) is 0 Å². The second-order valence-corrected chi connectivity index (χ2v) is 5.45. The van der Waals surface area contributed by atoms with Gasteiger partial charge < -0.3 is 20.1 Å². The van der Waals surface area contributed by atoms with Crippen molar-refractivity contribution in [2.45, 2.75) is 12.8 Å². The minimum Gasteiger partial charge on any atom is -0.494 e. The minimum absolute atomic E-state index is 0.582. The molecule has 102 valence electrons. The standard InChI is InChI=1S/C13H17N3O2S/c1-2-18-11-5-3-10(4-6-11)15-13(17)9-19-12-14-7-8-16(12)13/h3-6,15,17H,2,7-9H2,1H3. The van der Waals surface area contributed by atoms with Gasteiger partial charge >= 0.3 is 0 Å². The summed E-state index contributed by atoms with van der Waals surface area (Å²) in [5.74, 6) is 0.385. The highest BCUT2D eigenvalue weighted by molar-refractivity contribution is 8.14. The minimum atomic E-state index is -1.03. The summed E-state index contributed by atoms with van der Waals surface area (Å²) in [6.07, 6.45) is 0. The van der Waals surface area contributed by atoms with Crippen LogP contribution in [-0.2, 0) is 0 Å². The largest absolute Gasteiger partial charge is 0.494 e. The van der Waals surface area contributed by atoms with Crippen molar-refractivity contribution in [2.75, 3.05) is 30.8 Å². The summed E-state index contributed by atoms with van der Waals surface area (Å²) < 4.78 is 5.40. The number of nitrogens with one attached hydrogen (secondary N) is 1. The van der Waals surface area contributed by atoms with Crippen LogP contribution < -0.4 is 10.1 Å². The smallest absolute Gasteiger partial charge is 0.228 e. The van der Waals surface area contributed by atoms with Gasteiger partial charge in [0.2, 0.25) is 5.85 Å². The monoisotopic (exact) mass is 279 g/mol. The number of benzene rings is 1. The van der Waals surface area contributed by atoms with Crippen LogP contribution in [-0.4, -0.2) is 46.5 Å². The summed E-state index contributed by atoms with van der Waals surface area (Å²) in [6, 6.07) is 7.63. The molecule has 1 unspecified atom stereocenters. The van der Waals surface area contributed by atoms with E-state index in [1.807, 2.05) is 36.1 Å². The number of fused-ring (bicyclic) bond motifs is 1. The quantitative estimate of drug-likeness (QED) is 0.819. The lowest BCUT2D eigenvalue weighted by Gasteiger charge is -2.33. The van der Waals surface area contributed by atoms with Gasteiger partial charge in [-0.15, -0.1) is 0 Å². The van der Waals surface area contributed by atoms with Crippen molar-refractivity contribution in [3.63, 3.8) is 0 Å². The van der Waals surface area contributed by atoms with Crippen molar-refractivity contribution in [3.05, 3.63) is 24.3 Å². The molecule has 0 amide bonds. The zero-order valence-corrected chi connectivity index (χ0v) is 11.6. The third kappa shape index (κ3) is 2.37. The van der Waals surface area contributed by atoms with Gasteiger partial charge in [0.15, 0.2) is 5.17 Å². The van der Waals surface area contributed by atoms with Crippen molar-refractivity contribution in [2.24, 2.45) is 4.99 Å². The fourth-order valence-electron chi connectivity index (χ4n) is 2.27. The summed E-state index contributed by atoms with van der Waals surface area (Å²) in [5.41, 5.74) is 0.875. The average Bonchev–Trinajstić information content (AvgIpc) is 2.98. The zero-order valence-electron chi connectivity index (χ0n) is 10.8. The Bertz CT molecular complexity index is 491. The van der Waals surface area contributed by atoms with Gasteiger partial charge in [0.05, 0.1) is 18.9 Å². The van der Waals surface area contributed by atoms with E-state index in [2.05, 4.69) is 10.3 Å². The molecule has 2 aliphatic heterocycles. The summed E-state index contributed by atoms with van der Waals surface area (Å²) >= 11 is 1.59. The van der Waals surface area contributed by atoms with E-state index in [0.717, 1.165) is 29.7 Å². The molecule has 6 heteroatoms. The molecule has 2 heterocycles. The molecule has 0 bridgehead atoms. The van der Waals surface area contributed by atoms with Crippen LogP contribution in [0, 0.1) is 0 Å². The number of hydrogen-bond acceptors (Lipinski definition) is 6. The van der Waals surface area contributed by atoms with Crippen LogP contribution in [0.15, 0.2) is 29.3 Å². The van der Waals surface area contributed by atoms with Crippen molar-refractivity contribution in [3.8, 4) is 5.75 Å². The number of ether oxygens (including phenoxy) is 1. The molecule has 1 aromatic carbocycles. The predicted molar refractivity (Wildman–Crippen MR) is 77.6 cm³/mol. The Balaban J connectivity index is 1.72. The fraction of sp³-hybridized carbons (Fsp3) is 0.462. The number of aliphatic imine (C=N–C) groups is 1. The maximum Gasteiger partial charge on any atom is 0.228 e. The van der Waals surface area contributed by atoms with Crippen molar-refractivity contribution >= 4 is 22.6 Å². The van der Waals surface area contributed by atoms with Gasteiger partial charge in [-0.3, -0.25) is 4.99 Å². The molecule has 1 fully saturated rings. The van der Waals surface area contributed by atoms with E-state index < -0.39 is 5.85 Å². The summed E-state index contributed by atoms with van der Waals surface area (Å²) in [6.45, 7) is 4.14. The highest BCUT2D eigenvalue weighted by Crippen LogP contribution is 2.34. The van der Waals surface area contributed by atoms with Crippen molar-refractivity contribution in [1.29, 1.82) is 0 Å². The molecule has 3 rings (SSSR count). The summed E-state index contributed by atoms with van der Waals surface area (Å²) in [5, 5.41) is 14.8. The first-order chi connectivity index (χ1) is 9.21. The molecule has 0 saturated carbocycles. The molecular formula is C13H17N3O2S. The van der Waals surface area contributed by atoms with Gasteiger partial charge in [-0.05, 0) is 31.2 Å². The Labute approximate surface area is 116 Å². The van der Waals surface area contributed by atoms with Crippen LogP contribution in [0.25, 0.3) is 0 Å². The van der Waals surface area contributed by atoms with E-state index in [1.54, 1.807) is 11.8 Å². The second kappa shape index (κ2) is 4.94. The van der Waals surface area contributed by atoms with Crippen molar-refractivity contribution < 1.29 is 9.84 Å². The van der Waals surface area contributed by atoms with E-state index >= 15 is 0 Å². The molecule has 19 heavy (non-hydrogen) atoms. The average molecular weight is 279 g/mol. The number of rotatable bonds is 4. The predicted octanol–water partition coefficient (Wildman–Crippen LogP) is 1.56. The molecule has 1 atom stereocenters. The molecule has 0 aliphatic carbocycles. The Kier molecular flexibility index (Phi) is 3.28. The fourth-order valence-corrected chi connectivity index (χ4v) is 3.41. The van der Waals surface area contributed by atoms with Gasteiger partial charge in [-0.25, -0.2) is 0 Å². The van der Waals surface area contributed by atoms with E-state index in [1.165, 1.54) is 0 Å². The molecule has 0 spiro atoms. The zero-order chi connectivity index (χ0) is 13.3. The van der Waals surface area contributed by atoms with Crippen molar-refractivity contribution in [1.82, 2.24) is 4.90 Å². The third-order valence-corrected chi connectivity index (χ3v) is 4.32. The first-order valence-corrected chi connectivity index (χ1v) is 7.38. The number of aliphatic hydroxyl groups is 1. The van der Waals surface area contributed by atoms with Crippen LogP contribution in [0.2, 0.25) is 0 Å². The van der Waals surface area contributed by atoms with Gasteiger partial charge in [-0.1, -0.05) is 11.8 Å². The maximum atomic E-state index is 10.7. The van der Waals surface area contributed by atoms with Crippen LogP contribution >= 0.6 is 11.8 Å².